The van der Waals surface area contributed by atoms with Crippen molar-refractivity contribution in [2.75, 3.05) is 37.6 Å². The number of anilines is 1. The number of piperidine rings is 1. The molecule has 0 radical (unpaired) electrons. The van der Waals surface area contributed by atoms with Crippen LogP contribution in [0.2, 0.25) is 0 Å². The summed E-state index contributed by atoms with van der Waals surface area (Å²) in [5.74, 6) is 0.136. The predicted octanol–water partition coefficient (Wildman–Crippen LogP) is 2.91. The summed E-state index contributed by atoms with van der Waals surface area (Å²) in [5.41, 5.74) is 9.16. The molecule has 4 nitrogen and oxygen atoms in total. The molecule has 132 valence electrons. The molecular weight excluding hydrogens is 329 g/mol. The summed E-state index contributed by atoms with van der Waals surface area (Å²) in [6, 6.07) is 5.90. The summed E-state index contributed by atoms with van der Waals surface area (Å²) in [4.78, 5) is 16.7. The number of carbonyl (C=O) groups is 1. The number of halogens is 2. The topological polar surface area (TPSA) is 49.6 Å². The zero-order valence-corrected chi connectivity index (χ0v) is 14.7. The van der Waals surface area contributed by atoms with Crippen LogP contribution in [-0.2, 0) is 6.42 Å². The SMILES string of the molecule is Cl.NCC(=CF)CN1CCc2cc(C(=O)N3CCCCC3)ccc21. The first-order valence-corrected chi connectivity index (χ1v) is 8.38. The number of carbonyl (C=O) groups excluding carboxylic acids is 1. The van der Waals surface area contributed by atoms with Gasteiger partial charge in [0.2, 0.25) is 0 Å². The zero-order chi connectivity index (χ0) is 16.2. The molecular formula is C18H25ClFN3O. The first kappa shape index (κ1) is 18.7. The van der Waals surface area contributed by atoms with Crippen molar-refractivity contribution in [3.8, 4) is 0 Å². The first-order valence-electron chi connectivity index (χ1n) is 8.38. The van der Waals surface area contributed by atoms with E-state index >= 15 is 0 Å². The molecule has 6 heteroatoms. The predicted molar refractivity (Wildman–Crippen MR) is 97.6 cm³/mol. The number of rotatable bonds is 4. The van der Waals surface area contributed by atoms with Crippen LogP contribution in [0.5, 0.6) is 0 Å². The largest absolute Gasteiger partial charge is 0.367 e. The molecule has 0 aromatic heterocycles. The number of fused-ring (bicyclic) bond motifs is 1. The lowest BCUT2D eigenvalue weighted by molar-refractivity contribution is 0.0724. The van der Waals surface area contributed by atoms with Gasteiger partial charge in [-0.05, 0) is 55.0 Å². The summed E-state index contributed by atoms with van der Waals surface area (Å²) in [7, 11) is 0. The van der Waals surface area contributed by atoms with Crippen molar-refractivity contribution in [1.82, 2.24) is 4.90 Å². The second kappa shape index (κ2) is 8.49. The highest BCUT2D eigenvalue weighted by atomic mass is 35.5. The van der Waals surface area contributed by atoms with Gasteiger partial charge in [0.25, 0.3) is 5.91 Å². The minimum absolute atomic E-state index is 0. The maximum Gasteiger partial charge on any atom is 0.253 e. The fourth-order valence-corrected chi connectivity index (χ4v) is 3.44. The minimum atomic E-state index is 0. The van der Waals surface area contributed by atoms with Crippen molar-refractivity contribution >= 4 is 24.0 Å². The Morgan fingerprint density at radius 1 is 1.21 bits per heavy atom. The van der Waals surface area contributed by atoms with Gasteiger partial charge < -0.3 is 15.5 Å². The smallest absolute Gasteiger partial charge is 0.253 e. The van der Waals surface area contributed by atoms with Gasteiger partial charge in [-0.3, -0.25) is 4.79 Å². The van der Waals surface area contributed by atoms with Crippen molar-refractivity contribution in [3.05, 3.63) is 41.2 Å². The number of hydrogen-bond donors (Lipinski definition) is 1. The van der Waals surface area contributed by atoms with Gasteiger partial charge >= 0.3 is 0 Å². The van der Waals surface area contributed by atoms with Crippen molar-refractivity contribution in [2.45, 2.75) is 25.7 Å². The van der Waals surface area contributed by atoms with Crippen LogP contribution >= 0.6 is 12.4 Å². The summed E-state index contributed by atoms with van der Waals surface area (Å²) < 4.78 is 12.7. The molecule has 0 spiro atoms. The van der Waals surface area contributed by atoms with Gasteiger partial charge in [-0.15, -0.1) is 12.4 Å². The molecule has 24 heavy (non-hydrogen) atoms. The molecule has 0 atom stereocenters. The lowest BCUT2D eigenvalue weighted by Gasteiger charge is -2.27. The van der Waals surface area contributed by atoms with E-state index in [1.807, 2.05) is 23.1 Å². The Kier molecular flexibility index (Phi) is 6.63. The Bertz CT molecular complexity index is 614. The van der Waals surface area contributed by atoms with E-state index in [-0.39, 0.29) is 24.9 Å². The van der Waals surface area contributed by atoms with Gasteiger partial charge in [-0.25, -0.2) is 4.39 Å². The van der Waals surface area contributed by atoms with E-state index < -0.39 is 0 Å². The quantitative estimate of drug-likeness (QED) is 0.905. The molecule has 1 aromatic rings. The van der Waals surface area contributed by atoms with Crippen molar-refractivity contribution in [2.24, 2.45) is 5.73 Å². The molecule has 0 bridgehead atoms. The average molecular weight is 354 g/mol. The number of hydrogen-bond acceptors (Lipinski definition) is 3. The molecule has 2 aliphatic rings. The van der Waals surface area contributed by atoms with Gasteiger partial charge in [-0.1, -0.05) is 0 Å². The summed E-state index contributed by atoms with van der Waals surface area (Å²) in [5, 5.41) is 0. The molecule has 1 amide bonds. The zero-order valence-electron chi connectivity index (χ0n) is 13.8. The normalized spacial score (nSPS) is 17.5. The van der Waals surface area contributed by atoms with E-state index in [4.69, 9.17) is 5.73 Å². The molecule has 2 N–H and O–H groups in total. The van der Waals surface area contributed by atoms with Crippen molar-refractivity contribution in [3.63, 3.8) is 0 Å². The fraction of sp³-hybridized carbons (Fsp3) is 0.500. The highest BCUT2D eigenvalue weighted by molar-refractivity contribution is 5.95. The standard InChI is InChI=1S/C18H24FN3O.ClH/c19-11-14(12-20)13-22-9-6-15-10-16(4-5-17(15)22)18(23)21-7-2-1-3-8-21;/h4-5,10-11H,1-3,6-9,12-13,20H2;1H. The fourth-order valence-electron chi connectivity index (χ4n) is 3.44. The third kappa shape index (κ3) is 3.90. The van der Waals surface area contributed by atoms with Crippen LogP contribution in [-0.4, -0.2) is 43.5 Å². The summed E-state index contributed by atoms with van der Waals surface area (Å²) in [6.07, 6.45) is 4.91. The average Bonchev–Trinajstić information content (AvgIpc) is 3.01. The monoisotopic (exact) mass is 353 g/mol. The van der Waals surface area contributed by atoms with E-state index in [1.165, 1.54) is 12.0 Å². The van der Waals surface area contributed by atoms with Gasteiger partial charge in [-0.2, -0.15) is 0 Å². The van der Waals surface area contributed by atoms with E-state index in [0.717, 1.165) is 50.1 Å². The van der Waals surface area contributed by atoms with Crippen LogP contribution in [0.1, 0.15) is 35.2 Å². The van der Waals surface area contributed by atoms with Gasteiger partial charge in [0.05, 0.1) is 6.33 Å². The van der Waals surface area contributed by atoms with E-state index in [0.29, 0.717) is 18.4 Å². The van der Waals surface area contributed by atoms with E-state index in [2.05, 4.69) is 4.90 Å². The Labute approximate surface area is 148 Å². The Hall–Kier alpha value is -1.59. The molecule has 2 aliphatic heterocycles. The van der Waals surface area contributed by atoms with E-state index in [1.54, 1.807) is 0 Å². The van der Waals surface area contributed by atoms with Crippen LogP contribution in [0.15, 0.2) is 30.1 Å². The number of likely N-dealkylation sites (tertiary alicyclic amines) is 1. The lowest BCUT2D eigenvalue weighted by atomic mass is 10.1. The maximum atomic E-state index is 12.7. The number of nitrogens with zero attached hydrogens (tertiary/aromatic N) is 2. The van der Waals surface area contributed by atoms with Crippen LogP contribution in [0, 0.1) is 0 Å². The molecule has 3 rings (SSSR count). The molecule has 1 saturated heterocycles. The van der Waals surface area contributed by atoms with Crippen molar-refractivity contribution in [1.29, 1.82) is 0 Å². The highest BCUT2D eigenvalue weighted by Gasteiger charge is 2.23. The Morgan fingerprint density at radius 3 is 2.62 bits per heavy atom. The number of amides is 1. The molecule has 0 unspecified atom stereocenters. The Balaban J connectivity index is 0.00000208. The van der Waals surface area contributed by atoms with Crippen LogP contribution < -0.4 is 10.6 Å². The second-order valence-electron chi connectivity index (χ2n) is 6.34. The van der Waals surface area contributed by atoms with Gasteiger partial charge in [0.1, 0.15) is 0 Å². The minimum Gasteiger partial charge on any atom is -0.367 e. The number of benzene rings is 1. The third-order valence-corrected chi connectivity index (χ3v) is 4.77. The molecule has 1 aromatic carbocycles. The van der Waals surface area contributed by atoms with Gasteiger partial charge in [0, 0.05) is 44.0 Å². The van der Waals surface area contributed by atoms with Crippen LogP contribution in [0.3, 0.4) is 0 Å². The number of nitrogens with two attached hydrogens (primary N) is 1. The summed E-state index contributed by atoms with van der Waals surface area (Å²) in [6.45, 7) is 3.31. The first-order chi connectivity index (χ1) is 11.2. The van der Waals surface area contributed by atoms with Gasteiger partial charge in [0.15, 0.2) is 0 Å². The molecule has 1 fully saturated rings. The molecule has 0 saturated carbocycles. The van der Waals surface area contributed by atoms with Crippen molar-refractivity contribution < 1.29 is 9.18 Å². The molecule has 2 heterocycles. The third-order valence-electron chi connectivity index (χ3n) is 4.77. The lowest BCUT2D eigenvalue weighted by Crippen LogP contribution is -2.35. The van der Waals surface area contributed by atoms with Crippen LogP contribution in [0.25, 0.3) is 0 Å². The Morgan fingerprint density at radius 2 is 1.96 bits per heavy atom. The second-order valence-corrected chi connectivity index (χ2v) is 6.34. The van der Waals surface area contributed by atoms with Crippen LogP contribution in [0.4, 0.5) is 10.1 Å². The summed E-state index contributed by atoms with van der Waals surface area (Å²) >= 11 is 0. The highest BCUT2D eigenvalue weighted by Crippen LogP contribution is 2.30. The van der Waals surface area contributed by atoms with E-state index in [9.17, 15) is 9.18 Å². The maximum absolute atomic E-state index is 12.7. The molecule has 0 aliphatic carbocycles.